The molecule has 0 amide bonds. The molecule has 0 aromatic carbocycles. The fourth-order valence-electron chi connectivity index (χ4n) is 1.13. The molecule has 0 aliphatic carbocycles. The summed E-state index contributed by atoms with van der Waals surface area (Å²) in [4.78, 5) is 2.75. The third kappa shape index (κ3) is 2.95. The minimum atomic E-state index is -0.118. The standard InChI is InChI=1S/C10H16OS/c1-3-9(11)5-7-10-6-4-8(2)12-10/h4,6,9,11H,3,5,7H2,1-2H3. The molecule has 1 N–H and O–H groups in total. The van der Waals surface area contributed by atoms with Crippen molar-refractivity contribution >= 4 is 11.3 Å². The first kappa shape index (κ1) is 9.75. The summed E-state index contributed by atoms with van der Waals surface area (Å²) in [6, 6.07) is 4.29. The third-order valence-corrected chi connectivity index (χ3v) is 3.05. The molecule has 12 heavy (non-hydrogen) atoms. The Morgan fingerprint density at radius 3 is 2.75 bits per heavy atom. The fraction of sp³-hybridized carbons (Fsp3) is 0.600. The number of hydrogen-bond donors (Lipinski definition) is 1. The molecule has 0 bridgehead atoms. The van der Waals surface area contributed by atoms with Gasteiger partial charge in [-0.1, -0.05) is 6.92 Å². The van der Waals surface area contributed by atoms with Gasteiger partial charge in [0.05, 0.1) is 6.10 Å². The Kier molecular flexibility index (Phi) is 3.76. The van der Waals surface area contributed by atoms with E-state index >= 15 is 0 Å². The minimum Gasteiger partial charge on any atom is -0.393 e. The van der Waals surface area contributed by atoms with E-state index in [0.717, 1.165) is 19.3 Å². The van der Waals surface area contributed by atoms with Gasteiger partial charge in [0.2, 0.25) is 0 Å². The van der Waals surface area contributed by atoms with Crippen molar-refractivity contribution in [2.75, 3.05) is 0 Å². The smallest absolute Gasteiger partial charge is 0.0541 e. The molecule has 0 saturated carbocycles. The molecule has 0 fully saturated rings. The highest BCUT2D eigenvalue weighted by atomic mass is 32.1. The zero-order chi connectivity index (χ0) is 8.97. The highest BCUT2D eigenvalue weighted by molar-refractivity contribution is 7.11. The van der Waals surface area contributed by atoms with Gasteiger partial charge in [0, 0.05) is 9.75 Å². The topological polar surface area (TPSA) is 20.2 Å². The lowest BCUT2D eigenvalue weighted by Crippen LogP contribution is -2.04. The third-order valence-electron chi connectivity index (χ3n) is 1.99. The Labute approximate surface area is 78.1 Å². The van der Waals surface area contributed by atoms with Crippen LogP contribution in [0.2, 0.25) is 0 Å². The van der Waals surface area contributed by atoms with Crippen LogP contribution in [0.15, 0.2) is 12.1 Å². The van der Waals surface area contributed by atoms with Crippen molar-refractivity contribution in [3.05, 3.63) is 21.9 Å². The Morgan fingerprint density at radius 1 is 1.50 bits per heavy atom. The molecule has 1 aromatic rings. The van der Waals surface area contributed by atoms with Crippen molar-refractivity contribution in [3.63, 3.8) is 0 Å². The summed E-state index contributed by atoms with van der Waals surface area (Å²) in [5.74, 6) is 0. The van der Waals surface area contributed by atoms with Crippen molar-refractivity contribution < 1.29 is 5.11 Å². The SMILES string of the molecule is CCC(O)CCc1ccc(C)s1. The van der Waals surface area contributed by atoms with Gasteiger partial charge in [-0.25, -0.2) is 0 Å². The lowest BCUT2D eigenvalue weighted by Gasteiger charge is -2.04. The molecule has 68 valence electrons. The lowest BCUT2D eigenvalue weighted by molar-refractivity contribution is 0.161. The van der Waals surface area contributed by atoms with Crippen LogP contribution in [0, 0.1) is 6.92 Å². The maximum Gasteiger partial charge on any atom is 0.0541 e. The Bertz CT molecular complexity index is 229. The molecule has 1 aromatic heterocycles. The second kappa shape index (κ2) is 4.63. The molecule has 1 rings (SSSR count). The van der Waals surface area contributed by atoms with E-state index in [0.29, 0.717) is 0 Å². The number of thiophene rings is 1. The zero-order valence-electron chi connectivity index (χ0n) is 7.71. The molecule has 0 radical (unpaired) electrons. The van der Waals surface area contributed by atoms with E-state index < -0.39 is 0 Å². The van der Waals surface area contributed by atoms with Crippen LogP contribution in [0.25, 0.3) is 0 Å². The van der Waals surface area contributed by atoms with Gasteiger partial charge in [-0.15, -0.1) is 11.3 Å². The van der Waals surface area contributed by atoms with Gasteiger partial charge in [-0.2, -0.15) is 0 Å². The van der Waals surface area contributed by atoms with E-state index in [4.69, 9.17) is 0 Å². The molecule has 1 heterocycles. The van der Waals surface area contributed by atoms with Gasteiger partial charge < -0.3 is 5.11 Å². The van der Waals surface area contributed by atoms with Crippen molar-refractivity contribution in [2.24, 2.45) is 0 Å². The van der Waals surface area contributed by atoms with Crippen molar-refractivity contribution in [3.8, 4) is 0 Å². The van der Waals surface area contributed by atoms with E-state index in [1.54, 1.807) is 0 Å². The first-order valence-corrected chi connectivity index (χ1v) is 5.27. The maximum absolute atomic E-state index is 9.33. The van der Waals surface area contributed by atoms with Crippen LogP contribution < -0.4 is 0 Å². The minimum absolute atomic E-state index is 0.118. The number of aryl methyl sites for hydroxylation is 2. The van der Waals surface area contributed by atoms with Crippen LogP contribution in [0.1, 0.15) is 29.5 Å². The van der Waals surface area contributed by atoms with E-state index in [1.165, 1.54) is 9.75 Å². The first-order valence-electron chi connectivity index (χ1n) is 4.45. The summed E-state index contributed by atoms with van der Waals surface area (Å²) in [6.45, 7) is 4.13. The lowest BCUT2D eigenvalue weighted by atomic mass is 10.1. The van der Waals surface area contributed by atoms with Crippen LogP contribution in [0.5, 0.6) is 0 Å². The summed E-state index contributed by atoms with van der Waals surface area (Å²) < 4.78 is 0. The second-order valence-corrected chi connectivity index (χ2v) is 4.49. The van der Waals surface area contributed by atoms with Gasteiger partial charge in [0.15, 0.2) is 0 Å². The first-order chi connectivity index (χ1) is 5.72. The van der Waals surface area contributed by atoms with Gasteiger partial charge >= 0.3 is 0 Å². The van der Waals surface area contributed by atoms with Crippen molar-refractivity contribution in [1.29, 1.82) is 0 Å². The van der Waals surface area contributed by atoms with Gasteiger partial charge in [-0.05, 0) is 38.3 Å². The van der Waals surface area contributed by atoms with Crippen molar-refractivity contribution in [1.82, 2.24) is 0 Å². The highest BCUT2D eigenvalue weighted by Gasteiger charge is 2.02. The Balaban J connectivity index is 2.33. The molecule has 0 aliphatic rings. The molecule has 2 heteroatoms. The molecule has 1 atom stereocenters. The van der Waals surface area contributed by atoms with Crippen LogP contribution in [-0.4, -0.2) is 11.2 Å². The van der Waals surface area contributed by atoms with E-state index in [-0.39, 0.29) is 6.10 Å². The van der Waals surface area contributed by atoms with E-state index in [1.807, 2.05) is 18.3 Å². The average Bonchev–Trinajstić information content (AvgIpc) is 2.47. The number of hydrogen-bond acceptors (Lipinski definition) is 2. The average molecular weight is 184 g/mol. The summed E-state index contributed by atoms with van der Waals surface area (Å²) in [7, 11) is 0. The Hall–Kier alpha value is -0.340. The predicted molar refractivity (Wildman–Crippen MR) is 53.7 cm³/mol. The molecule has 0 saturated heterocycles. The van der Waals surface area contributed by atoms with Crippen LogP contribution >= 0.6 is 11.3 Å². The number of aliphatic hydroxyl groups excluding tert-OH is 1. The Morgan fingerprint density at radius 2 is 2.25 bits per heavy atom. The summed E-state index contributed by atoms with van der Waals surface area (Å²) in [6.07, 6.45) is 2.67. The predicted octanol–water partition coefficient (Wildman–Crippen LogP) is 2.76. The van der Waals surface area contributed by atoms with Crippen molar-refractivity contribution in [2.45, 2.75) is 39.2 Å². The zero-order valence-corrected chi connectivity index (χ0v) is 8.53. The van der Waals surface area contributed by atoms with Gasteiger partial charge in [-0.3, -0.25) is 0 Å². The fourth-order valence-corrected chi connectivity index (χ4v) is 2.04. The second-order valence-electron chi connectivity index (χ2n) is 3.11. The summed E-state index contributed by atoms with van der Waals surface area (Å²) in [5.41, 5.74) is 0. The quantitative estimate of drug-likeness (QED) is 0.763. The van der Waals surface area contributed by atoms with Crippen LogP contribution in [0.4, 0.5) is 0 Å². The summed E-state index contributed by atoms with van der Waals surface area (Å²) in [5, 5.41) is 9.33. The molecular formula is C10H16OS. The highest BCUT2D eigenvalue weighted by Crippen LogP contribution is 2.17. The molecule has 0 spiro atoms. The molecule has 1 unspecified atom stereocenters. The normalized spacial score (nSPS) is 13.2. The van der Waals surface area contributed by atoms with Gasteiger partial charge in [0.25, 0.3) is 0 Å². The molecule has 1 nitrogen and oxygen atoms in total. The molecule has 0 aliphatic heterocycles. The number of aliphatic hydroxyl groups is 1. The van der Waals surface area contributed by atoms with Gasteiger partial charge in [0.1, 0.15) is 0 Å². The van der Waals surface area contributed by atoms with E-state index in [2.05, 4.69) is 19.1 Å². The number of rotatable bonds is 4. The van der Waals surface area contributed by atoms with E-state index in [9.17, 15) is 5.11 Å². The van der Waals surface area contributed by atoms with Crippen LogP contribution in [-0.2, 0) is 6.42 Å². The monoisotopic (exact) mass is 184 g/mol. The largest absolute Gasteiger partial charge is 0.393 e. The summed E-state index contributed by atoms with van der Waals surface area (Å²) >= 11 is 1.83. The molecular weight excluding hydrogens is 168 g/mol. The van der Waals surface area contributed by atoms with Crippen LogP contribution in [0.3, 0.4) is 0 Å². The maximum atomic E-state index is 9.33.